The summed E-state index contributed by atoms with van der Waals surface area (Å²) in [5.41, 5.74) is 0.357. The molecule has 1 aliphatic rings. The highest BCUT2D eigenvalue weighted by molar-refractivity contribution is 7.89. The van der Waals surface area contributed by atoms with Crippen LogP contribution in [0, 0.1) is 5.41 Å². The van der Waals surface area contributed by atoms with Gasteiger partial charge in [-0.2, -0.15) is 0 Å². The van der Waals surface area contributed by atoms with E-state index in [9.17, 15) is 27.6 Å². The van der Waals surface area contributed by atoms with Crippen molar-refractivity contribution in [2.75, 3.05) is 25.2 Å². The van der Waals surface area contributed by atoms with Gasteiger partial charge >= 0.3 is 6.09 Å². The lowest BCUT2D eigenvalue weighted by Crippen LogP contribution is -2.57. The second-order valence-corrected chi connectivity index (χ2v) is 17.2. The van der Waals surface area contributed by atoms with E-state index in [2.05, 4.69) is 10.6 Å². The third-order valence-corrected chi connectivity index (χ3v) is 9.23. The first kappa shape index (κ1) is 40.5. The van der Waals surface area contributed by atoms with Gasteiger partial charge < -0.3 is 29.7 Å². The maximum Gasteiger partial charge on any atom is 0.408 e. The van der Waals surface area contributed by atoms with Crippen molar-refractivity contribution in [3.63, 3.8) is 0 Å². The van der Waals surface area contributed by atoms with E-state index in [-0.39, 0.29) is 24.2 Å². The molecule has 1 saturated heterocycles. The summed E-state index contributed by atoms with van der Waals surface area (Å²) in [4.78, 5) is 61.0. The molecule has 14 nitrogen and oxygen atoms in total. The van der Waals surface area contributed by atoms with Gasteiger partial charge in [0.05, 0.1) is 42.4 Å². The highest BCUT2D eigenvalue weighted by Crippen LogP contribution is 2.35. The number of methoxy groups -OCH3 is 1. The number of anilines is 1. The molecule has 55 heavy (non-hydrogen) atoms. The molecule has 5 rings (SSSR count). The molecule has 2 heterocycles. The zero-order chi connectivity index (χ0) is 40.3. The number of para-hydroxylation sites is 1. The quantitative estimate of drug-likeness (QED) is 0.185. The Hall–Kier alpha value is -5.70. The number of fused-ring (bicyclic) bond motifs is 1. The van der Waals surface area contributed by atoms with Crippen LogP contribution in [-0.2, 0) is 24.3 Å². The van der Waals surface area contributed by atoms with E-state index in [4.69, 9.17) is 19.2 Å². The van der Waals surface area contributed by atoms with Crippen LogP contribution in [0.4, 0.5) is 10.5 Å². The van der Waals surface area contributed by atoms with E-state index in [1.165, 1.54) is 23.1 Å². The maximum atomic E-state index is 14.6. The molecular formula is C40H47N5O9S. The van der Waals surface area contributed by atoms with Crippen molar-refractivity contribution >= 4 is 50.4 Å². The fraction of sp³-hybridized carbons (Fsp3) is 0.375. The Morgan fingerprint density at radius 3 is 2.22 bits per heavy atom. The molecule has 292 valence electrons. The molecule has 1 fully saturated rings. The molecule has 0 radical (unpaired) electrons. The van der Waals surface area contributed by atoms with Gasteiger partial charge in [-0.1, -0.05) is 63.2 Å². The fourth-order valence-corrected chi connectivity index (χ4v) is 6.63. The molecule has 4 aromatic rings. The Morgan fingerprint density at radius 1 is 0.909 bits per heavy atom. The molecular weight excluding hydrogens is 727 g/mol. The SMILES string of the molecule is COc1ccc2c(O[C@@H]3C[C@@H](C(=O)Nc4ccccc4C(=O)NS(C)(=O)=O)N(C(=O)[C@@H](NC(=O)OC(C)(C)C)C(C)(C)C)C3)cc(-c3ccccc3)nc2c1. The van der Waals surface area contributed by atoms with E-state index >= 15 is 0 Å². The van der Waals surface area contributed by atoms with Crippen LogP contribution in [0.1, 0.15) is 58.3 Å². The monoisotopic (exact) mass is 773 g/mol. The van der Waals surface area contributed by atoms with Gasteiger partial charge in [0.25, 0.3) is 5.91 Å². The van der Waals surface area contributed by atoms with Crippen molar-refractivity contribution in [1.82, 2.24) is 19.9 Å². The lowest BCUT2D eigenvalue weighted by Gasteiger charge is -2.35. The van der Waals surface area contributed by atoms with Gasteiger partial charge in [-0.3, -0.25) is 14.4 Å². The molecule has 3 aromatic carbocycles. The zero-order valence-corrected chi connectivity index (χ0v) is 32.9. The summed E-state index contributed by atoms with van der Waals surface area (Å²) >= 11 is 0. The highest BCUT2D eigenvalue weighted by atomic mass is 32.2. The molecule has 1 aliphatic heterocycles. The van der Waals surface area contributed by atoms with Crippen LogP contribution in [0.5, 0.6) is 11.5 Å². The minimum Gasteiger partial charge on any atom is -0.497 e. The van der Waals surface area contributed by atoms with Crippen molar-refractivity contribution in [3.8, 4) is 22.8 Å². The van der Waals surface area contributed by atoms with Crippen LogP contribution >= 0.6 is 0 Å². The average molecular weight is 774 g/mol. The van der Waals surface area contributed by atoms with Gasteiger partial charge in [-0.25, -0.2) is 22.9 Å². The fourth-order valence-electron chi connectivity index (χ4n) is 6.18. The number of nitrogens with zero attached hydrogens (tertiary/aromatic N) is 2. The third-order valence-electron chi connectivity index (χ3n) is 8.67. The number of benzene rings is 3. The molecule has 1 aromatic heterocycles. The summed E-state index contributed by atoms with van der Waals surface area (Å²) in [6.45, 7) is 10.4. The molecule has 0 bridgehead atoms. The predicted molar refractivity (Wildman–Crippen MR) is 208 cm³/mol. The van der Waals surface area contributed by atoms with Crippen molar-refractivity contribution in [2.24, 2.45) is 5.41 Å². The standard InChI is InChI=1S/C40H47N5O9S/c1-39(2,3)34(43-38(49)54-40(4,5)6)37(48)45-23-26(21-32(45)36(47)42-29-17-13-12-16-28(29)35(46)44-55(8,50)51)53-33-22-30(24-14-10-9-11-15-24)41-31-20-25(52-7)18-19-27(31)33/h9-20,22,26,32,34H,21,23H2,1-8H3,(H,42,47)(H,43,49)(H,44,46)/t26-,32+,34-/m1/s1. The van der Waals surface area contributed by atoms with Gasteiger partial charge in [0.2, 0.25) is 21.8 Å². The van der Waals surface area contributed by atoms with E-state index in [0.29, 0.717) is 28.1 Å². The number of sulfonamides is 1. The van der Waals surface area contributed by atoms with Crippen molar-refractivity contribution in [2.45, 2.75) is 71.8 Å². The van der Waals surface area contributed by atoms with Crippen molar-refractivity contribution in [1.29, 1.82) is 0 Å². The number of aromatic nitrogens is 1. The number of nitrogens with one attached hydrogen (secondary N) is 3. The first-order chi connectivity index (χ1) is 25.7. The lowest BCUT2D eigenvalue weighted by molar-refractivity contribution is -0.140. The first-order valence-corrected chi connectivity index (χ1v) is 19.5. The average Bonchev–Trinajstić information content (AvgIpc) is 3.52. The highest BCUT2D eigenvalue weighted by Gasteiger charge is 2.46. The van der Waals surface area contributed by atoms with E-state index in [1.54, 1.807) is 66.9 Å². The number of pyridine rings is 1. The van der Waals surface area contributed by atoms with E-state index in [0.717, 1.165) is 11.8 Å². The lowest BCUT2D eigenvalue weighted by atomic mass is 9.85. The molecule has 15 heteroatoms. The van der Waals surface area contributed by atoms with Crippen molar-refractivity contribution < 1.29 is 41.8 Å². The van der Waals surface area contributed by atoms with Gasteiger partial charge in [0.1, 0.15) is 35.3 Å². The van der Waals surface area contributed by atoms with E-state index < -0.39 is 63.0 Å². The summed E-state index contributed by atoms with van der Waals surface area (Å²) in [5.74, 6) is -1.09. The number of rotatable bonds is 10. The summed E-state index contributed by atoms with van der Waals surface area (Å²) in [6, 6.07) is 20.4. The van der Waals surface area contributed by atoms with Crippen molar-refractivity contribution in [3.05, 3.63) is 84.4 Å². The molecule has 0 saturated carbocycles. The number of likely N-dealkylation sites (tertiary alicyclic amines) is 1. The molecule has 0 unspecified atom stereocenters. The largest absolute Gasteiger partial charge is 0.497 e. The molecule has 3 atom stereocenters. The van der Waals surface area contributed by atoms with Crippen LogP contribution in [-0.4, -0.2) is 85.8 Å². The zero-order valence-electron chi connectivity index (χ0n) is 32.1. The second kappa shape index (κ2) is 16.0. The number of hydrogen-bond acceptors (Lipinski definition) is 10. The number of ether oxygens (including phenoxy) is 3. The number of carbonyl (C=O) groups is 4. The van der Waals surface area contributed by atoms with Gasteiger partial charge in [-0.15, -0.1) is 0 Å². The van der Waals surface area contributed by atoms with Crippen LogP contribution < -0.4 is 24.8 Å². The second-order valence-electron chi connectivity index (χ2n) is 15.4. The summed E-state index contributed by atoms with van der Waals surface area (Å²) in [6.07, 6.45) is -0.649. The van der Waals surface area contributed by atoms with Gasteiger partial charge in [-0.05, 0) is 50.5 Å². The molecule has 0 aliphatic carbocycles. The normalized spacial score (nSPS) is 16.5. The van der Waals surface area contributed by atoms with Crippen LogP contribution in [0.25, 0.3) is 22.2 Å². The molecule has 3 N–H and O–H groups in total. The van der Waals surface area contributed by atoms with Crippen LogP contribution in [0.3, 0.4) is 0 Å². The maximum absolute atomic E-state index is 14.6. The topological polar surface area (TPSA) is 182 Å². The summed E-state index contributed by atoms with van der Waals surface area (Å²) in [5, 5.41) is 6.12. The predicted octanol–water partition coefficient (Wildman–Crippen LogP) is 5.53. The number of carbonyl (C=O) groups excluding carboxylic acids is 4. The van der Waals surface area contributed by atoms with E-state index in [1.807, 2.05) is 47.2 Å². The smallest absolute Gasteiger partial charge is 0.408 e. The number of alkyl carbamates (subject to hydrolysis) is 1. The van der Waals surface area contributed by atoms with Gasteiger partial charge in [0.15, 0.2) is 0 Å². The third kappa shape index (κ3) is 10.3. The Morgan fingerprint density at radius 2 is 1.58 bits per heavy atom. The summed E-state index contributed by atoms with van der Waals surface area (Å²) in [7, 11) is -2.35. The first-order valence-electron chi connectivity index (χ1n) is 17.7. The number of hydrogen-bond donors (Lipinski definition) is 3. The summed E-state index contributed by atoms with van der Waals surface area (Å²) < 4.78 is 43.2. The molecule has 4 amide bonds. The Balaban J connectivity index is 1.53. The van der Waals surface area contributed by atoms with Gasteiger partial charge in [0, 0.05) is 29.5 Å². The minimum absolute atomic E-state index is 0.0270. The minimum atomic E-state index is -3.91. The van der Waals surface area contributed by atoms with Crippen LogP contribution in [0.2, 0.25) is 0 Å². The Bertz CT molecular complexity index is 2200. The van der Waals surface area contributed by atoms with Crippen LogP contribution in [0.15, 0.2) is 78.9 Å². The number of amides is 4. The Labute approximate surface area is 321 Å². The Kier molecular flexibility index (Phi) is 11.7. The molecule has 0 spiro atoms.